The van der Waals surface area contributed by atoms with Gasteiger partial charge in [-0.2, -0.15) is 4.31 Å². The predicted octanol–water partition coefficient (Wildman–Crippen LogP) is 3.52. The van der Waals surface area contributed by atoms with Crippen molar-refractivity contribution in [1.82, 2.24) is 8.87 Å². The van der Waals surface area contributed by atoms with Gasteiger partial charge in [-0.15, -0.1) is 0 Å². The lowest BCUT2D eigenvalue weighted by molar-refractivity contribution is -0.142. The fourth-order valence-corrected chi connectivity index (χ4v) is 5.72. The molecule has 31 heavy (non-hydrogen) atoms. The van der Waals surface area contributed by atoms with E-state index in [1.165, 1.54) is 16.4 Å². The predicted molar refractivity (Wildman–Crippen MR) is 116 cm³/mol. The van der Waals surface area contributed by atoms with E-state index in [-0.39, 0.29) is 23.3 Å². The van der Waals surface area contributed by atoms with E-state index in [0.29, 0.717) is 26.0 Å². The van der Waals surface area contributed by atoms with E-state index >= 15 is 0 Å². The molecule has 1 aliphatic rings. The number of esters is 1. The monoisotopic (exact) mass is 444 g/mol. The van der Waals surface area contributed by atoms with Gasteiger partial charge in [0.15, 0.2) is 0 Å². The molecule has 0 bridgehead atoms. The number of fused-ring (bicyclic) bond motifs is 3. The maximum Gasteiger partial charge on any atom is 0.310 e. The molecule has 1 aromatic heterocycles. The van der Waals surface area contributed by atoms with Gasteiger partial charge in [-0.1, -0.05) is 18.2 Å². The average Bonchev–Trinajstić information content (AvgIpc) is 3.07. The fraction of sp³-hybridized carbons (Fsp3) is 0.348. The standard InChI is InChI=1S/C23H25FN2O4S/c1-3-30-23(27)14-20-19-6-4-5-7-21(19)26-15-17(10-13-22(20)26)25(2)31(28,29)18-11-8-16(24)9-12-18/h4-9,11-12,17H,3,10,13-15H2,1-2H3. The van der Waals surface area contributed by atoms with Crippen molar-refractivity contribution < 1.29 is 22.3 Å². The maximum atomic E-state index is 13.2. The first-order chi connectivity index (χ1) is 14.8. The molecule has 2 heterocycles. The third-order valence-electron chi connectivity index (χ3n) is 5.93. The van der Waals surface area contributed by atoms with Crippen LogP contribution in [0.4, 0.5) is 4.39 Å². The lowest BCUT2D eigenvalue weighted by Crippen LogP contribution is -2.42. The number of para-hydroxylation sites is 1. The van der Waals surface area contributed by atoms with Crippen molar-refractivity contribution in [1.29, 1.82) is 0 Å². The van der Waals surface area contributed by atoms with Crippen molar-refractivity contribution in [3.8, 4) is 0 Å². The topological polar surface area (TPSA) is 68.6 Å². The first-order valence-electron chi connectivity index (χ1n) is 10.3. The molecule has 4 rings (SSSR count). The van der Waals surface area contributed by atoms with E-state index in [4.69, 9.17) is 4.74 Å². The number of aromatic nitrogens is 1. The molecule has 0 saturated carbocycles. The van der Waals surface area contributed by atoms with Gasteiger partial charge in [0.1, 0.15) is 5.82 Å². The molecule has 0 spiro atoms. The Labute approximate surface area is 181 Å². The van der Waals surface area contributed by atoms with Crippen LogP contribution in [0.2, 0.25) is 0 Å². The van der Waals surface area contributed by atoms with Crippen LogP contribution < -0.4 is 0 Å². The molecule has 164 valence electrons. The number of benzene rings is 2. The molecule has 0 aliphatic carbocycles. The largest absolute Gasteiger partial charge is 0.466 e. The number of hydrogen-bond acceptors (Lipinski definition) is 4. The number of hydrogen-bond donors (Lipinski definition) is 0. The summed E-state index contributed by atoms with van der Waals surface area (Å²) in [6, 6.07) is 12.5. The quantitative estimate of drug-likeness (QED) is 0.546. The van der Waals surface area contributed by atoms with Crippen molar-refractivity contribution in [2.24, 2.45) is 0 Å². The summed E-state index contributed by atoms with van der Waals surface area (Å²) < 4.78 is 48.0. The summed E-state index contributed by atoms with van der Waals surface area (Å²) in [7, 11) is -2.18. The lowest BCUT2D eigenvalue weighted by Gasteiger charge is -2.32. The summed E-state index contributed by atoms with van der Waals surface area (Å²) in [5.41, 5.74) is 2.99. The number of halogens is 1. The normalized spacial score (nSPS) is 16.5. The van der Waals surface area contributed by atoms with Gasteiger partial charge in [-0.25, -0.2) is 12.8 Å². The minimum absolute atomic E-state index is 0.0718. The van der Waals surface area contributed by atoms with Crippen LogP contribution >= 0.6 is 0 Å². The molecule has 2 aromatic carbocycles. The second kappa shape index (κ2) is 8.43. The van der Waals surface area contributed by atoms with E-state index < -0.39 is 15.8 Å². The zero-order valence-corrected chi connectivity index (χ0v) is 18.4. The Balaban J connectivity index is 1.67. The number of carbonyl (C=O) groups is 1. The molecule has 1 unspecified atom stereocenters. The van der Waals surface area contributed by atoms with Crippen LogP contribution in [0.5, 0.6) is 0 Å². The molecule has 0 radical (unpaired) electrons. The Morgan fingerprint density at radius 2 is 1.90 bits per heavy atom. The Morgan fingerprint density at radius 1 is 1.19 bits per heavy atom. The summed E-state index contributed by atoms with van der Waals surface area (Å²) in [6.45, 7) is 2.60. The average molecular weight is 445 g/mol. The number of carbonyl (C=O) groups excluding carboxylic acids is 1. The van der Waals surface area contributed by atoms with E-state index in [2.05, 4.69) is 4.57 Å². The third kappa shape index (κ3) is 3.97. The lowest BCUT2D eigenvalue weighted by atomic mass is 10.0. The van der Waals surface area contributed by atoms with Crippen molar-refractivity contribution in [2.75, 3.05) is 13.7 Å². The first-order valence-corrected chi connectivity index (χ1v) is 11.7. The van der Waals surface area contributed by atoms with Crippen LogP contribution in [-0.4, -0.2) is 43.0 Å². The van der Waals surface area contributed by atoms with Gasteiger partial charge in [0.05, 0.1) is 17.9 Å². The highest BCUT2D eigenvalue weighted by Crippen LogP contribution is 2.33. The summed E-state index contributed by atoms with van der Waals surface area (Å²) >= 11 is 0. The van der Waals surface area contributed by atoms with Crippen LogP contribution in [-0.2, 0) is 38.9 Å². The molecular weight excluding hydrogens is 419 g/mol. The van der Waals surface area contributed by atoms with E-state index in [0.717, 1.165) is 34.3 Å². The number of rotatable bonds is 6. The van der Waals surface area contributed by atoms with Crippen LogP contribution in [0.3, 0.4) is 0 Å². The zero-order chi connectivity index (χ0) is 22.2. The van der Waals surface area contributed by atoms with Crippen molar-refractivity contribution in [2.45, 2.75) is 43.7 Å². The molecule has 0 fully saturated rings. The van der Waals surface area contributed by atoms with Crippen molar-refractivity contribution in [3.63, 3.8) is 0 Å². The Kier molecular flexibility index (Phi) is 5.85. The van der Waals surface area contributed by atoms with Crippen LogP contribution in [0.1, 0.15) is 24.6 Å². The van der Waals surface area contributed by atoms with E-state index in [1.807, 2.05) is 24.3 Å². The van der Waals surface area contributed by atoms with Crippen LogP contribution in [0.15, 0.2) is 53.4 Å². The van der Waals surface area contributed by atoms with Gasteiger partial charge >= 0.3 is 5.97 Å². The van der Waals surface area contributed by atoms with Gasteiger partial charge in [0, 0.05) is 36.2 Å². The fourth-order valence-electron chi connectivity index (χ4n) is 4.35. The van der Waals surface area contributed by atoms with E-state index in [1.54, 1.807) is 14.0 Å². The van der Waals surface area contributed by atoms with E-state index in [9.17, 15) is 17.6 Å². The summed E-state index contributed by atoms with van der Waals surface area (Å²) in [5, 5.41) is 0.996. The van der Waals surface area contributed by atoms with Gasteiger partial charge in [0.2, 0.25) is 10.0 Å². The Morgan fingerprint density at radius 3 is 2.61 bits per heavy atom. The Bertz CT molecular complexity index is 1220. The maximum absolute atomic E-state index is 13.2. The summed E-state index contributed by atoms with van der Waals surface area (Å²) in [5.74, 6) is -0.739. The molecular formula is C23H25FN2O4S. The molecule has 0 amide bonds. The summed E-state index contributed by atoms with van der Waals surface area (Å²) in [6.07, 6.45) is 1.48. The van der Waals surface area contributed by atoms with Gasteiger partial charge < -0.3 is 9.30 Å². The molecule has 3 aromatic rings. The highest BCUT2D eigenvalue weighted by atomic mass is 32.2. The van der Waals surface area contributed by atoms with Crippen molar-refractivity contribution in [3.05, 3.63) is 65.6 Å². The number of sulfonamides is 1. The molecule has 1 aliphatic heterocycles. The summed E-state index contributed by atoms with van der Waals surface area (Å²) in [4.78, 5) is 12.3. The molecule has 8 heteroatoms. The zero-order valence-electron chi connectivity index (χ0n) is 17.5. The highest BCUT2D eigenvalue weighted by molar-refractivity contribution is 7.89. The number of nitrogens with zero attached hydrogens (tertiary/aromatic N) is 2. The van der Waals surface area contributed by atoms with Gasteiger partial charge in [-0.05, 0) is 55.7 Å². The minimum Gasteiger partial charge on any atom is -0.466 e. The third-order valence-corrected chi connectivity index (χ3v) is 7.86. The minimum atomic E-state index is -3.75. The number of likely N-dealkylation sites (N-methyl/N-ethyl adjacent to an activating group) is 1. The second-order valence-corrected chi connectivity index (χ2v) is 9.70. The number of ether oxygens (including phenoxy) is 1. The van der Waals surface area contributed by atoms with Crippen LogP contribution in [0, 0.1) is 5.82 Å². The molecule has 0 saturated heterocycles. The van der Waals surface area contributed by atoms with Crippen LogP contribution in [0.25, 0.3) is 10.9 Å². The van der Waals surface area contributed by atoms with Gasteiger partial charge in [-0.3, -0.25) is 4.79 Å². The molecule has 1 atom stereocenters. The Hall–Kier alpha value is -2.71. The smallest absolute Gasteiger partial charge is 0.310 e. The second-order valence-electron chi connectivity index (χ2n) is 7.70. The van der Waals surface area contributed by atoms with Gasteiger partial charge in [0.25, 0.3) is 0 Å². The first kappa shape index (κ1) is 21.5. The highest BCUT2D eigenvalue weighted by Gasteiger charge is 2.33. The SMILES string of the molecule is CCOC(=O)Cc1c2n(c3ccccc13)CC(N(C)S(=O)(=O)c1ccc(F)cc1)CC2. The molecule has 6 nitrogen and oxygen atoms in total. The van der Waals surface area contributed by atoms with Crippen molar-refractivity contribution >= 4 is 26.9 Å². The molecule has 0 N–H and O–H groups in total.